The van der Waals surface area contributed by atoms with E-state index in [1.54, 1.807) is 6.92 Å². The van der Waals surface area contributed by atoms with E-state index < -0.39 is 0 Å². The van der Waals surface area contributed by atoms with Crippen molar-refractivity contribution in [3.8, 4) is 0 Å². The van der Waals surface area contributed by atoms with Crippen molar-refractivity contribution in [2.45, 2.75) is 39.7 Å². The van der Waals surface area contributed by atoms with Gasteiger partial charge >= 0.3 is 5.97 Å². The molecule has 0 radical (unpaired) electrons. The average Bonchev–Trinajstić information content (AvgIpc) is 2.49. The molecule has 20 heavy (non-hydrogen) atoms. The summed E-state index contributed by atoms with van der Waals surface area (Å²) in [7, 11) is 0. The summed E-state index contributed by atoms with van der Waals surface area (Å²) in [6, 6.07) is 9.68. The van der Waals surface area contributed by atoms with Crippen molar-refractivity contribution in [2.24, 2.45) is 0 Å². The highest BCUT2D eigenvalue weighted by atomic mass is 16.5. The number of hydrogen-bond acceptors (Lipinski definition) is 3. The standard InChI is InChI=1S/C17H24O3/c1-3-4-12-19-13-8-9-15(2)17(18)20-14-16-10-6-5-7-11-16/h5-7,9-11H,3-4,8,12-14H2,1-2H3. The lowest BCUT2D eigenvalue weighted by Crippen LogP contribution is -2.06. The third-order valence-corrected chi connectivity index (χ3v) is 2.89. The number of hydrogen-bond donors (Lipinski definition) is 0. The maximum atomic E-state index is 11.8. The predicted molar refractivity (Wildman–Crippen MR) is 80.3 cm³/mol. The van der Waals surface area contributed by atoms with Crippen LogP contribution in [0.5, 0.6) is 0 Å². The summed E-state index contributed by atoms with van der Waals surface area (Å²) in [5.74, 6) is -0.262. The highest BCUT2D eigenvalue weighted by molar-refractivity contribution is 5.87. The minimum atomic E-state index is -0.262. The smallest absolute Gasteiger partial charge is 0.333 e. The molecule has 1 rings (SSSR count). The molecule has 110 valence electrons. The van der Waals surface area contributed by atoms with Crippen LogP contribution in [0.1, 0.15) is 38.7 Å². The summed E-state index contributed by atoms with van der Waals surface area (Å²) in [5.41, 5.74) is 1.64. The Hall–Kier alpha value is -1.61. The van der Waals surface area contributed by atoms with Gasteiger partial charge in [-0.15, -0.1) is 0 Å². The van der Waals surface area contributed by atoms with E-state index in [9.17, 15) is 4.79 Å². The summed E-state index contributed by atoms with van der Waals surface area (Å²) in [4.78, 5) is 11.8. The Morgan fingerprint density at radius 3 is 2.65 bits per heavy atom. The van der Waals surface area contributed by atoms with Crippen LogP contribution in [0.3, 0.4) is 0 Å². The fraction of sp³-hybridized carbons (Fsp3) is 0.471. The normalized spacial score (nSPS) is 11.4. The number of ether oxygens (including phenoxy) is 2. The van der Waals surface area contributed by atoms with Gasteiger partial charge in [-0.2, -0.15) is 0 Å². The third kappa shape index (κ3) is 7.10. The van der Waals surface area contributed by atoms with Gasteiger partial charge in [0.05, 0.1) is 6.61 Å². The maximum Gasteiger partial charge on any atom is 0.333 e. The summed E-state index contributed by atoms with van der Waals surface area (Å²) in [6.07, 6.45) is 4.84. The van der Waals surface area contributed by atoms with Crippen molar-refractivity contribution in [1.29, 1.82) is 0 Å². The first-order valence-electron chi connectivity index (χ1n) is 7.19. The van der Waals surface area contributed by atoms with Crippen molar-refractivity contribution >= 4 is 5.97 Å². The van der Waals surface area contributed by atoms with Gasteiger partial charge in [0.25, 0.3) is 0 Å². The fourth-order valence-corrected chi connectivity index (χ4v) is 1.63. The summed E-state index contributed by atoms with van der Waals surface area (Å²) >= 11 is 0. The molecule has 0 atom stereocenters. The Bertz CT molecular complexity index is 410. The van der Waals surface area contributed by atoms with Crippen molar-refractivity contribution in [3.05, 3.63) is 47.5 Å². The molecule has 0 aromatic heterocycles. The van der Waals surface area contributed by atoms with Gasteiger partial charge in [-0.05, 0) is 25.3 Å². The van der Waals surface area contributed by atoms with Gasteiger partial charge in [-0.3, -0.25) is 0 Å². The van der Waals surface area contributed by atoms with E-state index in [1.165, 1.54) is 0 Å². The first-order valence-corrected chi connectivity index (χ1v) is 7.19. The van der Waals surface area contributed by atoms with Crippen LogP contribution in [0, 0.1) is 0 Å². The van der Waals surface area contributed by atoms with Crippen molar-refractivity contribution in [3.63, 3.8) is 0 Å². The van der Waals surface area contributed by atoms with Gasteiger partial charge in [0.2, 0.25) is 0 Å². The Labute approximate surface area is 121 Å². The SMILES string of the molecule is CCCCOCCC=C(C)C(=O)OCc1ccccc1. The molecule has 0 amide bonds. The van der Waals surface area contributed by atoms with Crippen LogP contribution in [0.4, 0.5) is 0 Å². The molecule has 0 bridgehead atoms. The lowest BCUT2D eigenvalue weighted by molar-refractivity contribution is -0.140. The molecule has 0 N–H and O–H groups in total. The lowest BCUT2D eigenvalue weighted by atomic mass is 10.2. The molecule has 1 aromatic rings. The molecular formula is C17H24O3. The van der Waals surface area contributed by atoms with Crippen LogP contribution in [0.15, 0.2) is 42.0 Å². The Morgan fingerprint density at radius 2 is 1.95 bits per heavy atom. The number of benzene rings is 1. The number of rotatable bonds is 9. The van der Waals surface area contributed by atoms with Crippen molar-refractivity contribution in [2.75, 3.05) is 13.2 Å². The van der Waals surface area contributed by atoms with E-state index >= 15 is 0 Å². The molecule has 0 aliphatic carbocycles. The fourth-order valence-electron chi connectivity index (χ4n) is 1.63. The number of carbonyl (C=O) groups is 1. The topological polar surface area (TPSA) is 35.5 Å². The van der Waals surface area contributed by atoms with Crippen LogP contribution in [-0.2, 0) is 20.9 Å². The average molecular weight is 276 g/mol. The quantitative estimate of drug-likeness (QED) is 0.390. The highest BCUT2D eigenvalue weighted by Gasteiger charge is 2.05. The van der Waals surface area contributed by atoms with Crippen LogP contribution in [0.2, 0.25) is 0 Å². The zero-order valence-corrected chi connectivity index (χ0v) is 12.4. The van der Waals surface area contributed by atoms with Crippen LogP contribution < -0.4 is 0 Å². The molecule has 3 heteroatoms. The molecule has 0 fully saturated rings. The van der Waals surface area contributed by atoms with E-state index in [-0.39, 0.29) is 5.97 Å². The molecule has 1 aromatic carbocycles. The Morgan fingerprint density at radius 1 is 1.20 bits per heavy atom. The summed E-state index contributed by atoms with van der Waals surface area (Å²) in [5, 5.41) is 0. The largest absolute Gasteiger partial charge is 0.457 e. The summed E-state index contributed by atoms with van der Waals surface area (Å²) in [6.45, 7) is 5.68. The van der Waals surface area contributed by atoms with Gasteiger partial charge in [0.1, 0.15) is 6.61 Å². The lowest BCUT2D eigenvalue weighted by Gasteiger charge is -2.05. The van der Waals surface area contributed by atoms with Crippen LogP contribution >= 0.6 is 0 Å². The van der Waals surface area contributed by atoms with E-state index in [4.69, 9.17) is 9.47 Å². The number of esters is 1. The summed E-state index contributed by atoms with van der Waals surface area (Å²) < 4.78 is 10.7. The minimum absolute atomic E-state index is 0.262. The Balaban J connectivity index is 2.21. The monoisotopic (exact) mass is 276 g/mol. The molecule has 0 saturated heterocycles. The third-order valence-electron chi connectivity index (χ3n) is 2.89. The zero-order valence-electron chi connectivity index (χ0n) is 12.4. The van der Waals surface area contributed by atoms with Gasteiger partial charge in [-0.25, -0.2) is 4.79 Å². The van der Waals surface area contributed by atoms with Crippen molar-refractivity contribution in [1.82, 2.24) is 0 Å². The van der Waals surface area contributed by atoms with Gasteiger partial charge in [0.15, 0.2) is 0 Å². The van der Waals surface area contributed by atoms with Gasteiger partial charge in [-0.1, -0.05) is 49.8 Å². The van der Waals surface area contributed by atoms with Crippen LogP contribution in [-0.4, -0.2) is 19.2 Å². The van der Waals surface area contributed by atoms with E-state index in [0.29, 0.717) is 18.8 Å². The second-order valence-electron chi connectivity index (χ2n) is 4.70. The zero-order chi connectivity index (χ0) is 14.6. The molecule has 0 saturated carbocycles. The van der Waals surface area contributed by atoms with E-state index in [1.807, 2.05) is 36.4 Å². The van der Waals surface area contributed by atoms with E-state index in [0.717, 1.165) is 31.4 Å². The predicted octanol–water partition coefficient (Wildman–Crippen LogP) is 3.88. The molecule has 3 nitrogen and oxygen atoms in total. The second-order valence-corrected chi connectivity index (χ2v) is 4.70. The van der Waals surface area contributed by atoms with E-state index in [2.05, 4.69) is 6.92 Å². The Kier molecular flexibility index (Phi) is 8.40. The number of unbranched alkanes of at least 4 members (excludes halogenated alkanes) is 1. The molecule has 0 spiro atoms. The highest BCUT2D eigenvalue weighted by Crippen LogP contribution is 2.05. The minimum Gasteiger partial charge on any atom is -0.457 e. The molecule has 0 heterocycles. The first kappa shape index (κ1) is 16.4. The molecular weight excluding hydrogens is 252 g/mol. The number of carbonyl (C=O) groups excluding carboxylic acids is 1. The van der Waals surface area contributed by atoms with Gasteiger partial charge < -0.3 is 9.47 Å². The first-order chi connectivity index (χ1) is 9.74. The van der Waals surface area contributed by atoms with Crippen molar-refractivity contribution < 1.29 is 14.3 Å². The molecule has 0 aliphatic heterocycles. The second kappa shape index (κ2) is 10.2. The van der Waals surface area contributed by atoms with Crippen LogP contribution in [0.25, 0.3) is 0 Å². The molecule has 0 aliphatic rings. The maximum absolute atomic E-state index is 11.8. The van der Waals surface area contributed by atoms with Gasteiger partial charge in [0, 0.05) is 12.2 Å². The molecule has 0 unspecified atom stereocenters.